The van der Waals surface area contributed by atoms with E-state index in [0.717, 1.165) is 16.7 Å². The number of aryl methyl sites for hydroxylation is 2. The Morgan fingerprint density at radius 2 is 1.71 bits per heavy atom. The van der Waals surface area contributed by atoms with Gasteiger partial charge in [-0.2, -0.15) is 5.10 Å². The van der Waals surface area contributed by atoms with Crippen LogP contribution in [0.4, 0.5) is 11.4 Å². The average Bonchev–Trinajstić information content (AvgIpc) is 3.23. The highest BCUT2D eigenvalue weighted by atomic mass is 16.6. The van der Waals surface area contributed by atoms with Crippen molar-refractivity contribution in [2.75, 3.05) is 5.32 Å². The minimum absolute atomic E-state index is 0.0743. The number of nitrogens with one attached hydrogen (secondary N) is 1. The monoisotopic (exact) mass is 412 g/mol. The van der Waals surface area contributed by atoms with Crippen molar-refractivity contribution in [3.05, 3.63) is 106 Å². The van der Waals surface area contributed by atoms with Gasteiger partial charge in [0.05, 0.1) is 16.3 Å². The lowest BCUT2D eigenvalue weighted by Crippen LogP contribution is -2.17. The maximum Gasteiger partial charge on any atom is 0.274 e. The van der Waals surface area contributed by atoms with Gasteiger partial charge in [0, 0.05) is 23.4 Å². The molecule has 0 saturated carbocycles. The van der Waals surface area contributed by atoms with Crippen LogP contribution in [0.2, 0.25) is 0 Å². The van der Waals surface area contributed by atoms with E-state index < -0.39 is 4.92 Å². The summed E-state index contributed by atoms with van der Waals surface area (Å²) in [6, 6.07) is 22.9. The lowest BCUT2D eigenvalue weighted by molar-refractivity contribution is -0.384. The molecule has 4 rings (SSSR count). The zero-order chi connectivity index (χ0) is 22.0. The van der Waals surface area contributed by atoms with E-state index in [9.17, 15) is 14.9 Å². The number of nitro groups is 1. The second kappa shape index (κ2) is 8.23. The van der Waals surface area contributed by atoms with E-state index in [1.54, 1.807) is 18.2 Å². The highest BCUT2D eigenvalue weighted by Gasteiger charge is 2.19. The van der Waals surface area contributed by atoms with Gasteiger partial charge in [-0.3, -0.25) is 14.9 Å². The minimum atomic E-state index is -0.472. The molecule has 0 bridgehead atoms. The SMILES string of the molecule is Cc1ccc(NC(=O)c2cc(-c3ccccc3)nn2-c2cccc([N+](=O)[O-])c2)cc1C. The molecule has 1 N–H and O–H groups in total. The number of nitro benzene ring substituents is 1. The topological polar surface area (TPSA) is 90.1 Å². The summed E-state index contributed by atoms with van der Waals surface area (Å²) >= 11 is 0. The Morgan fingerprint density at radius 3 is 2.42 bits per heavy atom. The summed E-state index contributed by atoms with van der Waals surface area (Å²) in [5, 5.41) is 18.7. The third-order valence-electron chi connectivity index (χ3n) is 5.06. The number of nitrogens with zero attached hydrogens (tertiary/aromatic N) is 3. The molecule has 0 aliphatic carbocycles. The van der Waals surface area contributed by atoms with Crippen LogP contribution in [-0.4, -0.2) is 20.6 Å². The molecule has 0 unspecified atom stereocenters. The Kier molecular flexibility index (Phi) is 5.32. The van der Waals surface area contributed by atoms with E-state index in [2.05, 4.69) is 10.4 Å². The van der Waals surface area contributed by atoms with E-state index >= 15 is 0 Å². The van der Waals surface area contributed by atoms with Gasteiger partial charge in [-0.15, -0.1) is 0 Å². The molecule has 0 radical (unpaired) electrons. The zero-order valence-electron chi connectivity index (χ0n) is 17.1. The number of benzene rings is 3. The fourth-order valence-corrected chi connectivity index (χ4v) is 3.24. The molecule has 1 aromatic heterocycles. The predicted octanol–water partition coefficient (Wildman–Crippen LogP) is 5.32. The van der Waals surface area contributed by atoms with Crippen molar-refractivity contribution in [2.45, 2.75) is 13.8 Å². The fourth-order valence-electron chi connectivity index (χ4n) is 3.24. The molecule has 1 amide bonds. The molecule has 0 atom stereocenters. The van der Waals surface area contributed by atoms with Crippen molar-refractivity contribution in [1.29, 1.82) is 0 Å². The normalized spacial score (nSPS) is 10.6. The number of aromatic nitrogens is 2. The second-order valence-corrected chi connectivity index (χ2v) is 7.22. The van der Waals surface area contributed by atoms with E-state index in [0.29, 0.717) is 17.1 Å². The van der Waals surface area contributed by atoms with E-state index in [-0.39, 0.29) is 17.3 Å². The summed E-state index contributed by atoms with van der Waals surface area (Å²) in [7, 11) is 0. The lowest BCUT2D eigenvalue weighted by atomic mass is 10.1. The van der Waals surface area contributed by atoms with Crippen LogP contribution in [0.5, 0.6) is 0 Å². The summed E-state index contributed by atoms with van der Waals surface area (Å²) < 4.78 is 1.44. The van der Waals surface area contributed by atoms with Crippen molar-refractivity contribution in [3.8, 4) is 16.9 Å². The zero-order valence-corrected chi connectivity index (χ0v) is 17.1. The standard InChI is InChI=1S/C24H20N4O3/c1-16-11-12-19(13-17(16)2)25-24(29)23-15-22(18-7-4-3-5-8-18)26-27(23)20-9-6-10-21(14-20)28(30)31/h3-15H,1-2H3,(H,25,29). The maximum atomic E-state index is 13.2. The summed E-state index contributed by atoms with van der Waals surface area (Å²) in [5.41, 5.74) is 4.93. The first-order valence-electron chi connectivity index (χ1n) is 9.71. The summed E-state index contributed by atoms with van der Waals surface area (Å²) in [6.45, 7) is 3.98. The second-order valence-electron chi connectivity index (χ2n) is 7.22. The van der Waals surface area contributed by atoms with Crippen LogP contribution in [0.25, 0.3) is 16.9 Å². The number of anilines is 1. The van der Waals surface area contributed by atoms with Crippen LogP contribution in [0, 0.1) is 24.0 Å². The molecule has 0 aliphatic rings. The number of rotatable bonds is 5. The predicted molar refractivity (Wildman–Crippen MR) is 120 cm³/mol. The van der Waals surface area contributed by atoms with Gasteiger partial charge in [-0.05, 0) is 49.2 Å². The molecule has 154 valence electrons. The largest absolute Gasteiger partial charge is 0.321 e. The van der Waals surface area contributed by atoms with Crippen LogP contribution in [0.15, 0.2) is 78.9 Å². The van der Waals surface area contributed by atoms with Crippen molar-refractivity contribution in [2.24, 2.45) is 0 Å². The molecule has 7 heteroatoms. The van der Waals surface area contributed by atoms with Gasteiger partial charge in [0.25, 0.3) is 11.6 Å². The highest BCUT2D eigenvalue weighted by Crippen LogP contribution is 2.25. The first-order valence-corrected chi connectivity index (χ1v) is 9.71. The Labute approximate surface area is 179 Å². The number of non-ortho nitro benzene ring substituents is 1. The van der Waals surface area contributed by atoms with Gasteiger partial charge < -0.3 is 5.32 Å². The molecule has 7 nitrogen and oxygen atoms in total. The van der Waals surface area contributed by atoms with Gasteiger partial charge in [-0.25, -0.2) is 4.68 Å². The van der Waals surface area contributed by atoms with Crippen molar-refractivity contribution >= 4 is 17.3 Å². The Bertz CT molecular complexity index is 1280. The van der Waals surface area contributed by atoms with Crippen LogP contribution < -0.4 is 5.32 Å². The van der Waals surface area contributed by atoms with Crippen molar-refractivity contribution < 1.29 is 9.72 Å². The average molecular weight is 412 g/mol. The molecule has 0 aliphatic heterocycles. The molecule has 1 heterocycles. The number of amides is 1. The molecule has 31 heavy (non-hydrogen) atoms. The number of carbonyl (C=O) groups excluding carboxylic acids is 1. The van der Waals surface area contributed by atoms with Gasteiger partial charge in [0.1, 0.15) is 5.69 Å². The number of carbonyl (C=O) groups is 1. The quantitative estimate of drug-likeness (QED) is 0.355. The summed E-state index contributed by atoms with van der Waals surface area (Å²) in [5.74, 6) is -0.357. The van der Waals surface area contributed by atoms with Crippen LogP contribution in [-0.2, 0) is 0 Å². The molecule has 3 aromatic carbocycles. The molecule has 0 fully saturated rings. The van der Waals surface area contributed by atoms with Crippen LogP contribution >= 0.6 is 0 Å². The molecular formula is C24H20N4O3. The maximum absolute atomic E-state index is 13.2. The van der Waals surface area contributed by atoms with Crippen molar-refractivity contribution in [3.63, 3.8) is 0 Å². The Hall–Kier alpha value is -4.26. The number of hydrogen-bond donors (Lipinski definition) is 1. The van der Waals surface area contributed by atoms with Gasteiger partial charge >= 0.3 is 0 Å². The molecule has 0 spiro atoms. The first-order chi connectivity index (χ1) is 14.9. The highest BCUT2D eigenvalue weighted by molar-refractivity contribution is 6.04. The van der Waals surface area contributed by atoms with Crippen LogP contribution in [0.1, 0.15) is 21.6 Å². The molecule has 4 aromatic rings. The molecular weight excluding hydrogens is 392 g/mol. The molecule has 0 saturated heterocycles. The Balaban J connectivity index is 1.79. The Morgan fingerprint density at radius 1 is 0.935 bits per heavy atom. The first kappa shape index (κ1) is 20.0. The van der Waals surface area contributed by atoms with Crippen LogP contribution in [0.3, 0.4) is 0 Å². The number of hydrogen-bond acceptors (Lipinski definition) is 4. The lowest BCUT2D eigenvalue weighted by Gasteiger charge is -2.10. The minimum Gasteiger partial charge on any atom is -0.321 e. The van der Waals surface area contributed by atoms with E-state index in [1.165, 1.54) is 16.8 Å². The van der Waals surface area contributed by atoms with E-state index in [4.69, 9.17) is 0 Å². The summed E-state index contributed by atoms with van der Waals surface area (Å²) in [4.78, 5) is 23.9. The summed E-state index contributed by atoms with van der Waals surface area (Å²) in [6.07, 6.45) is 0. The third kappa shape index (κ3) is 4.20. The smallest absolute Gasteiger partial charge is 0.274 e. The third-order valence-corrected chi connectivity index (χ3v) is 5.06. The van der Waals surface area contributed by atoms with Gasteiger partial charge in [-0.1, -0.05) is 42.5 Å². The fraction of sp³-hybridized carbons (Fsp3) is 0.0833. The van der Waals surface area contributed by atoms with E-state index in [1.807, 2.05) is 62.4 Å². The van der Waals surface area contributed by atoms with Crippen molar-refractivity contribution in [1.82, 2.24) is 9.78 Å². The van der Waals surface area contributed by atoms with Gasteiger partial charge in [0.15, 0.2) is 0 Å². The van der Waals surface area contributed by atoms with Gasteiger partial charge in [0.2, 0.25) is 0 Å².